The Morgan fingerprint density at radius 3 is 2.54 bits per heavy atom. The minimum Gasteiger partial charge on any atom is -0.381 e. The van der Waals surface area contributed by atoms with Crippen molar-refractivity contribution in [2.24, 2.45) is 5.73 Å². The normalized spacial score (nSPS) is 15.9. The zero-order valence-electron chi connectivity index (χ0n) is 14.4. The van der Waals surface area contributed by atoms with E-state index in [1.54, 1.807) is 30.5 Å². The van der Waals surface area contributed by atoms with Gasteiger partial charge in [-0.15, -0.1) is 0 Å². The summed E-state index contributed by atoms with van der Waals surface area (Å²) in [5.74, 6) is -0.376. The van der Waals surface area contributed by atoms with E-state index >= 15 is 0 Å². The van der Waals surface area contributed by atoms with Gasteiger partial charge in [0.15, 0.2) is 0 Å². The monoisotopic (exact) mass is 354 g/mol. The molecule has 2 heterocycles. The number of hydrogen-bond acceptors (Lipinski definition) is 5. The molecule has 7 nitrogen and oxygen atoms in total. The quantitative estimate of drug-likeness (QED) is 0.754. The molecule has 0 unspecified atom stereocenters. The molecule has 3 rings (SSSR count). The lowest BCUT2D eigenvalue weighted by Crippen LogP contribution is -2.56. The van der Waals surface area contributed by atoms with Gasteiger partial charge in [0, 0.05) is 37.8 Å². The highest BCUT2D eigenvalue weighted by molar-refractivity contribution is 6.04. The van der Waals surface area contributed by atoms with Crippen LogP contribution in [0.4, 0.5) is 5.69 Å². The van der Waals surface area contributed by atoms with Gasteiger partial charge in [-0.25, -0.2) is 0 Å². The molecule has 4 N–H and O–H groups in total. The summed E-state index contributed by atoms with van der Waals surface area (Å²) in [6, 6.07) is 10.7. The Bertz CT molecular complexity index is 756. The summed E-state index contributed by atoms with van der Waals surface area (Å²) in [5, 5.41) is 5.69. The van der Waals surface area contributed by atoms with Crippen LogP contribution in [0.25, 0.3) is 0 Å². The highest BCUT2D eigenvalue weighted by Crippen LogP contribution is 2.18. The average Bonchev–Trinajstić information content (AvgIpc) is 2.68. The molecular weight excluding hydrogens is 332 g/mol. The first kappa shape index (κ1) is 18.0. The third-order valence-corrected chi connectivity index (χ3v) is 4.43. The van der Waals surface area contributed by atoms with Crippen LogP contribution in [-0.2, 0) is 16.1 Å². The second-order valence-corrected chi connectivity index (χ2v) is 6.34. The maximum Gasteiger partial charge on any atom is 0.257 e. The molecule has 26 heavy (non-hydrogen) atoms. The van der Waals surface area contributed by atoms with E-state index in [-0.39, 0.29) is 11.8 Å². The Kier molecular flexibility index (Phi) is 5.60. The van der Waals surface area contributed by atoms with Gasteiger partial charge in [0.2, 0.25) is 5.91 Å². The smallest absolute Gasteiger partial charge is 0.257 e. The van der Waals surface area contributed by atoms with E-state index in [0.717, 1.165) is 5.56 Å². The predicted molar refractivity (Wildman–Crippen MR) is 97.5 cm³/mol. The summed E-state index contributed by atoms with van der Waals surface area (Å²) in [5.41, 5.74) is 7.40. The van der Waals surface area contributed by atoms with Gasteiger partial charge in [0.05, 0.1) is 11.1 Å². The third-order valence-electron chi connectivity index (χ3n) is 4.43. The maximum atomic E-state index is 12.3. The molecule has 0 spiro atoms. The molecule has 0 bridgehead atoms. The molecule has 7 heteroatoms. The van der Waals surface area contributed by atoms with E-state index < -0.39 is 5.54 Å². The Balaban J connectivity index is 1.53. The first-order valence-electron chi connectivity index (χ1n) is 8.52. The lowest BCUT2D eigenvalue weighted by atomic mass is 9.90. The lowest BCUT2D eigenvalue weighted by molar-refractivity contribution is -0.129. The van der Waals surface area contributed by atoms with Crippen molar-refractivity contribution < 1.29 is 14.3 Å². The number of nitrogens with zero attached hydrogens (tertiary/aromatic N) is 1. The van der Waals surface area contributed by atoms with Gasteiger partial charge in [-0.1, -0.05) is 12.1 Å². The van der Waals surface area contributed by atoms with Crippen molar-refractivity contribution in [3.05, 3.63) is 59.9 Å². The van der Waals surface area contributed by atoms with Gasteiger partial charge >= 0.3 is 0 Å². The van der Waals surface area contributed by atoms with Crippen molar-refractivity contribution in [2.45, 2.75) is 24.9 Å². The Labute approximate surface area is 151 Å². The number of nitrogens with one attached hydrogen (secondary N) is 2. The summed E-state index contributed by atoms with van der Waals surface area (Å²) >= 11 is 0. The molecule has 2 amide bonds. The summed E-state index contributed by atoms with van der Waals surface area (Å²) in [6.07, 6.45) is 4.18. The lowest BCUT2D eigenvalue weighted by Gasteiger charge is -2.31. The van der Waals surface area contributed by atoms with E-state index in [4.69, 9.17) is 10.5 Å². The number of rotatable bonds is 5. The molecule has 1 aliphatic heterocycles. The molecular formula is C19H22N4O3. The maximum absolute atomic E-state index is 12.3. The van der Waals surface area contributed by atoms with E-state index in [1.807, 2.05) is 12.1 Å². The number of pyridine rings is 1. The minimum absolute atomic E-state index is 0.158. The van der Waals surface area contributed by atoms with Gasteiger partial charge < -0.3 is 21.1 Å². The summed E-state index contributed by atoms with van der Waals surface area (Å²) in [7, 11) is 0. The van der Waals surface area contributed by atoms with Crippen molar-refractivity contribution in [1.29, 1.82) is 0 Å². The molecule has 1 fully saturated rings. The van der Waals surface area contributed by atoms with Crippen LogP contribution in [0.2, 0.25) is 0 Å². The topological polar surface area (TPSA) is 106 Å². The van der Waals surface area contributed by atoms with Crippen LogP contribution in [0.3, 0.4) is 0 Å². The van der Waals surface area contributed by atoms with Crippen molar-refractivity contribution in [1.82, 2.24) is 10.3 Å². The van der Waals surface area contributed by atoms with Gasteiger partial charge in [-0.2, -0.15) is 0 Å². The van der Waals surface area contributed by atoms with Crippen LogP contribution in [0.15, 0.2) is 48.8 Å². The van der Waals surface area contributed by atoms with Gasteiger partial charge in [-0.3, -0.25) is 14.6 Å². The second kappa shape index (κ2) is 8.07. The molecule has 0 aliphatic carbocycles. The SMILES string of the molecule is NC1(C(=O)NCc2ccc(NC(=O)c3cccnc3)cc2)CCOCC1. The van der Waals surface area contributed by atoms with Crippen molar-refractivity contribution in [3.8, 4) is 0 Å². The Morgan fingerprint density at radius 2 is 1.88 bits per heavy atom. The van der Waals surface area contributed by atoms with E-state index in [1.165, 1.54) is 6.20 Å². The molecule has 1 aromatic heterocycles. The van der Waals surface area contributed by atoms with Gasteiger partial charge in [-0.05, 0) is 42.7 Å². The van der Waals surface area contributed by atoms with Crippen LogP contribution in [-0.4, -0.2) is 35.6 Å². The van der Waals surface area contributed by atoms with Crippen molar-refractivity contribution in [3.63, 3.8) is 0 Å². The Hall–Kier alpha value is -2.77. The summed E-state index contributed by atoms with van der Waals surface area (Å²) in [4.78, 5) is 28.3. The standard InChI is InChI=1S/C19H22N4O3/c20-19(7-10-26-11-8-19)18(25)22-12-14-3-5-16(6-4-14)23-17(24)15-2-1-9-21-13-15/h1-6,9,13H,7-8,10-12,20H2,(H,22,25)(H,23,24). The fraction of sp³-hybridized carbons (Fsp3) is 0.316. The largest absolute Gasteiger partial charge is 0.381 e. The summed E-state index contributed by atoms with van der Waals surface area (Å²) in [6.45, 7) is 1.40. The minimum atomic E-state index is -0.851. The molecule has 1 aliphatic rings. The Morgan fingerprint density at radius 1 is 1.15 bits per heavy atom. The van der Waals surface area contributed by atoms with Gasteiger partial charge in [0.25, 0.3) is 5.91 Å². The average molecular weight is 354 g/mol. The molecule has 136 valence electrons. The number of aromatic nitrogens is 1. The molecule has 0 radical (unpaired) electrons. The highest BCUT2D eigenvalue weighted by Gasteiger charge is 2.35. The third kappa shape index (κ3) is 4.44. The van der Waals surface area contributed by atoms with Crippen LogP contribution in [0.1, 0.15) is 28.8 Å². The number of anilines is 1. The first-order valence-corrected chi connectivity index (χ1v) is 8.52. The molecule has 2 aromatic rings. The number of carbonyl (C=O) groups excluding carboxylic acids is 2. The first-order chi connectivity index (χ1) is 12.6. The number of amides is 2. The fourth-order valence-corrected chi connectivity index (χ4v) is 2.73. The molecule has 1 saturated heterocycles. The number of benzene rings is 1. The number of hydrogen-bond donors (Lipinski definition) is 3. The van der Waals surface area contributed by atoms with Crippen molar-refractivity contribution >= 4 is 17.5 Å². The number of ether oxygens (including phenoxy) is 1. The van der Waals surface area contributed by atoms with Crippen LogP contribution in [0.5, 0.6) is 0 Å². The van der Waals surface area contributed by atoms with Crippen LogP contribution >= 0.6 is 0 Å². The van der Waals surface area contributed by atoms with E-state index in [2.05, 4.69) is 15.6 Å². The summed E-state index contributed by atoms with van der Waals surface area (Å²) < 4.78 is 5.26. The fourth-order valence-electron chi connectivity index (χ4n) is 2.73. The highest BCUT2D eigenvalue weighted by atomic mass is 16.5. The van der Waals surface area contributed by atoms with Crippen molar-refractivity contribution in [2.75, 3.05) is 18.5 Å². The zero-order chi connectivity index (χ0) is 18.4. The van der Waals surface area contributed by atoms with E-state index in [9.17, 15) is 9.59 Å². The molecule has 1 aromatic carbocycles. The van der Waals surface area contributed by atoms with Gasteiger partial charge in [0.1, 0.15) is 0 Å². The second-order valence-electron chi connectivity index (χ2n) is 6.34. The van der Waals surface area contributed by atoms with Crippen LogP contribution < -0.4 is 16.4 Å². The molecule has 0 saturated carbocycles. The van der Waals surface area contributed by atoms with Crippen LogP contribution in [0, 0.1) is 0 Å². The number of carbonyl (C=O) groups is 2. The predicted octanol–water partition coefficient (Wildman–Crippen LogP) is 1.46. The zero-order valence-corrected chi connectivity index (χ0v) is 14.4. The van der Waals surface area contributed by atoms with E-state index in [0.29, 0.717) is 43.9 Å². The number of nitrogens with two attached hydrogens (primary N) is 1. The molecule has 0 atom stereocenters.